The van der Waals surface area contributed by atoms with E-state index in [1.165, 1.54) is 6.07 Å². The Kier molecular flexibility index (Phi) is 14.2. The van der Waals surface area contributed by atoms with E-state index in [0.29, 0.717) is 28.0 Å². The first kappa shape index (κ1) is 51.4. The molecule has 1 aliphatic carbocycles. The van der Waals surface area contributed by atoms with Gasteiger partial charge < -0.3 is 29.7 Å². The summed E-state index contributed by atoms with van der Waals surface area (Å²) in [6.45, 7) is 3.58. The molecule has 8 bridgehead atoms. The van der Waals surface area contributed by atoms with E-state index in [-0.39, 0.29) is 32.8 Å². The van der Waals surface area contributed by atoms with Crippen LogP contribution >= 0.6 is 11.6 Å². The molecule has 0 spiro atoms. The van der Waals surface area contributed by atoms with Gasteiger partial charge in [-0.05, 0) is 101 Å². The number of hydrogen-bond acceptors (Lipinski definition) is 7. The third-order valence-corrected chi connectivity index (χ3v) is 15.0. The van der Waals surface area contributed by atoms with Crippen LogP contribution in [-0.2, 0) is 16.8 Å². The zero-order chi connectivity index (χ0) is 53.4. The summed E-state index contributed by atoms with van der Waals surface area (Å²) in [5, 5.41) is 13.9. The number of halogens is 1. The Morgan fingerprint density at radius 1 is 0.500 bits per heavy atom. The number of carboxylic acid groups (broad SMARTS) is 1. The van der Waals surface area contributed by atoms with E-state index in [1.54, 1.807) is 30.3 Å². The number of anilines is 1. The van der Waals surface area contributed by atoms with Gasteiger partial charge in [0.2, 0.25) is 5.43 Å². The van der Waals surface area contributed by atoms with Gasteiger partial charge in [-0.15, -0.1) is 0 Å². The van der Waals surface area contributed by atoms with E-state index in [1.807, 2.05) is 36.4 Å². The topological polar surface area (TPSA) is 140 Å². The first-order valence-electron chi connectivity index (χ1n) is 26.2. The largest absolute Gasteiger partial charge is 2.00 e. The van der Waals surface area contributed by atoms with E-state index < -0.39 is 5.97 Å². The summed E-state index contributed by atoms with van der Waals surface area (Å²) in [6.07, 6.45) is 8.50. The Morgan fingerprint density at radius 3 is 1.46 bits per heavy atom. The number of aromatic carboxylic acids is 1. The molecule has 1 saturated heterocycles. The molecule has 9 aromatic rings. The average molecular weight is 1110 g/mol. The molecule has 1 radical (unpaired) electrons. The second-order valence-corrected chi connectivity index (χ2v) is 19.9. The summed E-state index contributed by atoms with van der Waals surface area (Å²) in [4.78, 5) is 44.7. The average Bonchev–Trinajstić information content (AvgIpc) is 4.37. The molecule has 0 unspecified atom stereocenters. The Labute approximate surface area is 476 Å². The number of carbonyl (C=O) groups is 1. The number of H-pyrrole nitrogens is 2. The minimum absolute atomic E-state index is 0. The minimum atomic E-state index is -1.03. The van der Waals surface area contributed by atoms with Gasteiger partial charge in [0.15, 0.2) is 0 Å². The van der Waals surface area contributed by atoms with E-state index in [4.69, 9.17) is 26.0 Å². The molecule has 3 aromatic heterocycles. The second-order valence-electron chi connectivity index (χ2n) is 19.5. The SMILES string of the molecule is C1=Cc2nc1c(-c1ccccc1)c1nc(c(-c3ccccc3)c3ccc([nH]3)c(-c3ccccc3)c3ccc([nH]3)c2-c2ccccc2)C=C1.O=C(O)c1ccccc1-c1c2cc(Cl)c(=O)cc-2oc2cc(N3CCNCC3)ccc12.[Co+2]. The van der Waals surface area contributed by atoms with Crippen molar-refractivity contribution in [3.63, 3.8) is 0 Å². The predicted octanol–water partition coefficient (Wildman–Crippen LogP) is 15.6. The van der Waals surface area contributed by atoms with E-state index in [2.05, 4.69) is 172 Å². The maximum absolute atomic E-state index is 12.2. The molecular formula is C68H49ClCoN6O4+2. The van der Waals surface area contributed by atoms with Gasteiger partial charge in [0, 0.05) is 105 Å². The molecule has 4 aliphatic heterocycles. The maximum Gasteiger partial charge on any atom is 2.00 e. The van der Waals surface area contributed by atoms with Gasteiger partial charge in [0.25, 0.3) is 0 Å². The van der Waals surface area contributed by atoms with Gasteiger partial charge >= 0.3 is 22.7 Å². The standard InChI is InChI=1S/C44H30N4.C24H19ClN2O4.Co/c1-5-13-29(14-6-1)41-33-21-23-35(45-33)42(30-15-7-2-8-16-30)37-25-27-39(47-37)44(32-19-11-4-12-20-32)40-28-26-38(48-40)43(31-17-9-3-10-18-31)36-24-22-34(41)46-36;25-19-12-18-22(13-20(19)28)31-21-11-14(27-9-7-26-8-10-27)5-6-17(21)23(18)15-3-1-2-4-16(15)24(29)30;/h1-28,45-46H;1-6,11-13,26H,7-10H2,(H,29,30);/q;;+2. The fraction of sp³-hybridized carbons (Fsp3) is 0.0588. The molecule has 389 valence electrons. The molecule has 6 aromatic carbocycles. The quantitative estimate of drug-likeness (QED) is 0.116. The molecule has 10 nitrogen and oxygen atoms in total. The smallest absolute Gasteiger partial charge is 0.478 e. The van der Waals surface area contributed by atoms with Gasteiger partial charge in [-0.2, -0.15) is 0 Å². The van der Waals surface area contributed by atoms with Crippen molar-refractivity contribution in [2.24, 2.45) is 0 Å². The summed E-state index contributed by atoms with van der Waals surface area (Å²) in [5.41, 5.74) is 19.4. The number of nitrogens with one attached hydrogen (secondary N) is 3. The molecule has 7 heterocycles. The molecule has 0 atom stereocenters. The molecule has 0 saturated carbocycles. The van der Waals surface area contributed by atoms with Gasteiger partial charge in [-0.3, -0.25) is 4.79 Å². The fourth-order valence-electron chi connectivity index (χ4n) is 11.0. The monoisotopic (exact) mass is 1110 g/mol. The number of nitrogens with zero attached hydrogens (tertiary/aromatic N) is 3. The van der Waals surface area contributed by atoms with Crippen molar-refractivity contribution < 1.29 is 31.1 Å². The molecular weight excluding hydrogens is 1060 g/mol. The zero-order valence-corrected chi connectivity index (χ0v) is 44.7. The van der Waals surface area contributed by atoms with Crippen molar-refractivity contribution in [3.05, 3.63) is 244 Å². The molecule has 0 amide bonds. The van der Waals surface area contributed by atoms with Crippen molar-refractivity contribution in [2.75, 3.05) is 31.1 Å². The number of aromatic nitrogens is 4. The van der Waals surface area contributed by atoms with Crippen molar-refractivity contribution in [1.29, 1.82) is 0 Å². The van der Waals surface area contributed by atoms with Crippen LogP contribution in [0.5, 0.6) is 0 Å². The maximum atomic E-state index is 12.2. The van der Waals surface area contributed by atoms with Crippen LogP contribution in [0.15, 0.2) is 209 Å². The number of carboxylic acids is 1. The third kappa shape index (κ3) is 9.84. The molecule has 80 heavy (non-hydrogen) atoms. The number of fused-ring (bicyclic) bond motifs is 10. The van der Waals surface area contributed by atoms with Gasteiger partial charge in [0.05, 0.1) is 33.4 Å². The van der Waals surface area contributed by atoms with Crippen molar-refractivity contribution in [2.45, 2.75) is 0 Å². The summed E-state index contributed by atoms with van der Waals surface area (Å²) >= 11 is 6.14. The first-order chi connectivity index (χ1) is 38.8. The first-order valence-corrected chi connectivity index (χ1v) is 26.6. The molecule has 4 N–H and O–H groups in total. The Bertz CT molecular complexity index is 4280. The van der Waals surface area contributed by atoms with Crippen LogP contribution in [0.2, 0.25) is 5.02 Å². The van der Waals surface area contributed by atoms with Crippen LogP contribution in [0.25, 0.3) is 124 Å². The number of hydrogen-bond donors (Lipinski definition) is 4. The fourth-order valence-corrected chi connectivity index (χ4v) is 11.2. The van der Waals surface area contributed by atoms with Crippen LogP contribution in [0.3, 0.4) is 0 Å². The zero-order valence-electron chi connectivity index (χ0n) is 42.9. The van der Waals surface area contributed by atoms with Gasteiger partial charge in [-0.1, -0.05) is 151 Å². The third-order valence-electron chi connectivity index (χ3n) is 14.7. The molecule has 1 fully saturated rings. The Balaban J connectivity index is 0.000000172. The summed E-state index contributed by atoms with van der Waals surface area (Å²) in [5.74, 6) is -0.656. The predicted molar refractivity (Wildman–Crippen MR) is 322 cm³/mol. The molecule has 14 rings (SSSR count). The van der Waals surface area contributed by atoms with Crippen molar-refractivity contribution >= 4 is 80.6 Å². The molecule has 5 aliphatic rings. The van der Waals surface area contributed by atoms with E-state index in [0.717, 1.165) is 127 Å². The van der Waals surface area contributed by atoms with Crippen molar-refractivity contribution in [3.8, 4) is 67.0 Å². The van der Waals surface area contributed by atoms with Gasteiger partial charge in [0.1, 0.15) is 11.3 Å². The van der Waals surface area contributed by atoms with Crippen molar-refractivity contribution in [1.82, 2.24) is 25.3 Å². The number of aromatic amines is 2. The second kappa shape index (κ2) is 22.2. The summed E-state index contributed by atoms with van der Waals surface area (Å²) in [7, 11) is 0. The van der Waals surface area contributed by atoms with E-state index >= 15 is 0 Å². The van der Waals surface area contributed by atoms with Crippen LogP contribution in [0.1, 0.15) is 33.1 Å². The van der Waals surface area contributed by atoms with Crippen LogP contribution in [-0.4, -0.2) is 57.2 Å². The molecule has 12 heteroatoms. The Hall–Kier alpha value is -9.36. The Morgan fingerprint density at radius 2 is 0.950 bits per heavy atom. The normalized spacial score (nSPS) is 12.7. The minimum Gasteiger partial charge on any atom is -0.478 e. The van der Waals surface area contributed by atoms with Crippen LogP contribution in [0.4, 0.5) is 5.69 Å². The van der Waals surface area contributed by atoms with E-state index in [9.17, 15) is 14.7 Å². The number of benzene rings is 7. The summed E-state index contributed by atoms with van der Waals surface area (Å²) in [6, 6.07) is 66.4. The summed E-state index contributed by atoms with van der Waals surface area (Å²) < 4.78 is 6.13. The van der Waals surface area contributed by atoms with Crippen LogP contribution in [0, 0.1) is 0 Å². The number of piperazine rings is 1. The number of rotatable bonds is 7. The van der Waals surface area contributed by atoms with Crippen LogP contribution < -0.4 is 15.6 Å². The van der Waals surface area contributed by atoms with Gasteiger partial charge in [-0.25, -0.2) is 14.8 Å².